The molecule has 1 heterocycles. The molecule has 0 aliphatic carbocycles. The molecule has 0 atom stereocenters. The van der Waals surface area contributed by atoms with Crippen LogP contribution in [0, 0.1) is 0 Å². The molecule has 0 saturated heterocycles. The monoisotopic (exact) mass is 321 g/mol. The van der Waals surface area contributed by atoms with Crippen LogP contribution in [0.3, 0.4) is 0 Å². The highest BCUT2D eigenvalue weighted by Gasteiger charge is 2.37. The van der Waals surface area contributed by atoms with E-state index in [-0.39, 0.29) is 12.6 Å². The number of rotatable bonds is 4. The first kappa shape index (κ1) is 16.3. The molecular weight excluding hydrogens is 298 g/mol. The lowest BCUT2D eigenvalue weighted by Gasteiger charge is -2.41. The molecule has 0 fully saturated rings. The highest BCUT2D eigenvalue weighted by molar-refractivity contribution is 5.95. The molecule has 0 spiro atoms. The van der Waals surface area contributed by atoms with Crippen molar-refractivity contribution in [2.24, 2.45) is 0 Å². The van der Waals surface area contributed by atoms with E-state index in [1.165, 1.54) is 0 Å². The maximum atomic E-state index is 13.1. The average Bonchev–Trinajstić information content (AvgIpc) is 2.60. The predicted octanol–water partition coefficient (Wildman–Crippen LogP) is 4.25. The SMILES string of the molecule is CC1=C(Cc2ccccc2)C(=O)N(C(C)(C)c2ccccc2)CO1. The highest BCUT2D eigenvalue weighted by Crippen LogP contribution is 2.33. The van der Waals surface area contributed by atoms with Gasteiger partial charge in [-0.1, -0.05) is 60.7 Å². The summed E-state index contributed by atoms with van der Waals surface area (Å²) in [6.45, 7) is 6.28. The molecule has 3 heteroatoms. The molecule has 3 rings (SSSR count). The normalized spacial score (nSPS) is 15.5. The van der Waals surface area contributed by atoms with E-state index in [4.69, 9.17) is 4.74 Å². The van der Waals surface area contributed by atoms with Gasteiger partial charge in [0.05, 0.1) is 11.1 Å². The van der Waals surface area contributed by atoms with E-state index in [9.17, 15) is 4.79 Å². The van der Waals surface area contributed by atoms with Crippen LogP contribution in [-0.2, 0) is 21.5 Å². The zero-order valence-electron chi connectivity index (χ0n) is 14.5. The summed E-state index contributed by atoms with van der Waals surface area (Å²) in [5.41, 5.74) is 2.52. The maximum absolute atomic E-state index is 13.1. The zero-order valence-corrected chi connectivity index (χ0v) is 14.5. The van der Waals surface area contributed by atoms with Gasteiger partial charge in [-0.05, 0) is 31.9 Å². The Morgan fingerprint density at radius 3 is 2.21 bits per heavy atom. The molecule has 0 aromatic heterocycles. The lowest BCUT2D eigenvalue weighted by atomic mass is 9.90. The number of ether oxygens (including phenoxy) is 1. The summed E-state index contributed by atoms with van der Waals surface area (Å²) in [6.07, 6.45) is 0.590. The Kier molecular flexibility index (Phi) is 4.43. The van der Waals surface area contributed by atoms with Gasteiger partial charge in [0.1, 0.15) is 5.76 Å². The van der Waals surface area contributed by atoms with Crippen molar-refractivity contribution in [3.8, 4) is 0 Å². The Labute approximate surface area is 143 Å². The Morgan fingerprint density at radius 1 is 1.00 bits per heavy atom. The van der Waals surface area contributed by atoms with E-state index in [1.54, 1.807) is 0 Å². The molecule has 0 N–H and O–H groups in total. The molecule has 3 nitrogen and oxygen atoms in total. The molecule has 0 unspecified atom stereocenters. The predicted molar refractivity (Wildman–Crippen MR) is 95.1 cm³/mol. The molecule has 2 aromatic rings. The van der Waals surface area contributed by atoms with Gasteiger partial charge < -0.3 is 4.74 Å². The van der Waals surface area contributed by atoms with Gasteiger partial charge in [-0.15, -0.1) is 0 Å². The molecule has 1 aliphatic heterocycles. The topological polar surface area (TPSA) is 29.5 Å². The van der Waals surface area contributed by atoms with Crippen molar-refractivity contribution >= 4 is 5.91 Å². The summed E-state index contributed by atoms with van der Waals surface area (Å²) in [5.74, 6) is 0.778. The molecule has 0 radical (unpaired) electrons. The fourth-order valence-corrected chi connectivity index (χ4v) is 3.04. The van der Waals surface area contributed by atoms with Gasteiger partial charge in [-0.2, -0.15) is 0 Å². The van der Waals surface area contributed by atoms with Gasteiger partial charge in [-0.25, -0.2) is 0 Å². The van der Waals surface area contributed by atoms with Gasteiger partial charge in [-0.3, -0.25) is 9.69 Å². The molecule has 24 heavy (non-hydrogen) atoms. The first-order valence-electron chi connectivity index (χ1n) is 8.24. The summed E-state index contributed by atoms with van der Waals surface area (Å²) in [6, 6.07) is 20.1. The van der Waals surface area contributed by atoms with Gasteiger partial charge in [0.15, 0.2) is 6.73 Å². The summed E-state index contributed by atoms with van der Waals surface area (Å²) >= 11 is 0. The number of nitrogens with zero attached hydrogens (tertiary/aromatic N) is 1. The molecular formula is C21H23NO2. The Morgan fingerprint density at radius 2 is 1.58 bits per heavy atom. The van der Waals surface area contributed by atoms with Crippen LogP contribution in [0.2, 0.25) is 0 Å². The Balaban J connectivity index is 1.89. The van der Waals surface area contributed by atoms with E-state index in [1.807, 2.05) is 60.4 Å². The average molecular weight is 321 g/mol. The fourth-order valence-electron chi connectivity index (χ4n) is 3.04. The number of carbonyl (C=O) groups is 1. The van der Waals surface area contributed by atoms with Gasteiger partial charge in [0, 0.05) is 6.42 Å². The quantitative estimate of drug-likeness (QED) is 0.842. The van der Waals surface area contributed by atoms with Crippen LogP contribution in [0.1, 0.15) is 31.9 Å². The van der Waals surface area contributed by atoms with Gasteiger partial charge in [0.25, 0.3) is 5.91 Å². The minimum atomic E-state index is -0.430. The lowest BCUT2D eigenvalue weighted by Crippen LogP contribution is -2.49. The van der Waals surface area contributed by atoms with Crippen LogP contribution >= 0.6 is 0 Å². The standard InChI is InChI=1S/C21H23NO2/c1-16-19(14-17-10-6-4-7-11-17)20(23)22(15-24-16)21(2,3)18-12-8-5-9-13-18/h4-13H,14-15H2,1-3H3. The highest BCUT2D eigenvalue weighted by atomic mass is 16.5. The van der Waals surface area contributed by atoms with Crippen molar-refractivity contribution in [2.75, 3.05) is 6.73 Å². The van der Waals surface area contributed by atoms with Gasteiger partial charge in [0.2, 0.25) is 0 Å². The summed E-state index contributed by atoms with van der Waals surface area (Å²) in [4.78, 5) is 15.0. The van der Waals surface area contributed by atoms with Crippen LogP contribution in [0.15, 0.2) is 72.0 Å². The van der Waals surface area contributed by atoms with Crippen LogP contribution in [-0.4, -0.2) is 17.5 Å². The molecule has 2 aromatic carbocycles. The Hall–Kier alpha value is -2.55. The summed E-state index contributed by atoms with van der Waals surface area (Å²) in [5, 5.41) is 0. The maximum Gasteiger partial charge on any atom is 0.256 e. The smallest absolute Gasteiger partial charge is 0.256 e. The Bertz CT molecular complexity index is 748. The first-order valence-corrected chi connectivity index (χ1v) is 8.24. The molecule has 1 amide bonds. The molecule has 0 bridgehead atoms. The van der Waals surface area contributed by atoms with Crippen molar-refractivity contribution in [2.45, 2.75) is 32.7 Å². The third kappa shape index (κ3) is 3.07. The summed E-state index contributed by atoms with van der Waals surface area (Å²) < 4.78 is 5.84. The van der Waals surface area contributed by atoms with Crippen LogP contribution in [0.4, 0.5) is 0 Å². The number of amides is 1. The lowest BCUT2D eigenvalue weighted by molar-refractivity contribution is -0.143. The second-order valence-electron chi connectivity index (χ2n) is 6.63. The third-order valence-corrected chi connectivity index (χ3v) is 4.72. The number of hydrogen-bond acceptors (Lipinski definition) is 2. The number of allylic oxidation sites excluding steroid dienone is 1. The van der Waals surface area contributed by atoms with E-state index in [0.717, 1.165) is 22.5 Å². The van der Waals surface area contributed by atoms with Crippen LogP contribution in [0.5, 0.6) is 0 Å². The van der Waals surface area contributed by atoms with Crippen molar-refractivity contribution in [3.05, 3.63) is 83.1 Å². The van der Waals surface area contributed by atoms with Crippen LogP contribution in [0.25, 0.3) is 0 Å². The second kappa shape index (κ2) is 6.52. The van der Waals surface area contributed by atoms with E-state index in [0.29, 0.717) is 6.42 Å². The minimum absolute atomic E-state index is 0.0523. The van der Waals surface area contributed by atoms with Gasteiger partial charge >= 0.3 is 0 Å². The third-order valence-electron chi connectivity index (χ3n) is 4.72. The van der Waals surface area contributed by atoms with E-state index in [2.05, 4.69) is 26.0 Å². The van der Waals surface area contributed by atoms with Crippen molar-refractivity contribution < 1.29 is 9.53 Å². The summed E-state index contributed by atoms with van der Waals surface area (Å²) in [7, 11) is 0. The van der Waals surface area contributed by atoms with Crippen molar-refractivity contribution in [1.82, 2.24) is 4.90 Å². The van der Waals surface area contributed by atoms with Crippen molar-refractivity contribution in [3.63, 3.8) is 0 Å². The zero-order chi connectivity index (χ0) is 17.2. The van der Waals surface area contributed by atoms with Crippen molar-refractivity contribution in [1.29, 1.82) is 0 Å². The van der Waals surface area contributed by atoms with E-state index < -0.39 is 5.54 Å². The molecule has 124 valence electrons. The van der Waals surface area contributed by atoms with E-state index >= 15 is 0 Å². The first-order chi connectivity index (χ1) is 11.5. The minimum Gasteiger partial charge on any atom is -0.477 e. The largest absolute Gasteiger partial charge is 0.477 e. The second-order valence-corrected chi connectivity index (χ2v) is 6.63. The molecule has 1 aliphatic rings. The number of hydrogen-bond donors (Lipinski definition) is 0. The molecule has 0 saturated carbocycles. The van der Waals surface area contributed by atoms with Crippen LogP contribution < -0.4 is 0 Å². The number of benzene rings is 2. The number of carbonyl (C=O) groups excluding carboxylic acids is 1. The fraction of sp³-hybridized carbons (Fsp3) is 0.286.